The van der Waals surface area contributed by atoms with Gasteiger partial charge in [0, 0.05) is 49.1 Å². The van der Waals surface area contributed by atoms with Gasteiger partial charge in [-0.05, 0) is 29.8 Å². The molecule has 0 aliphatic carbocycles. The van der Waals surface area contributed by atoms with E-state index in [1.54, 1.807) is 13.2 Å². The Balaban J connectivity index is 0.00000267. The van der Waals surface area contributed by atoms with Gasteiger partial charge < -0.3 is 43.3 Å². The van der Waals surface area contributed by atoms with Crippen LogP contribution in [-0.4, -0.2) is 51.3 Å². The molecule has 1 fully saturated rings. The number of carbonyl (C=O) groups is 1. The fourth-order valence-electron chi connectivity index (χ4n) is 5.36. The van der Waals surface area contributed by atoms with Crippen molar-refractivity contribution in [1.82, 2.24) is 4.90 Å². The molecule has 2 aliphatic heterocycles. The van der Waals surface area contributed by atoms with Crippen molar-refractivity contribution >= 4 is 45.2 Å². The molecule has 6 nitrogen and oxygen atoms in total. The lowest BCUT2D eigenvalue weighted by Crippen LogP contribution is -3.00. The van der Waals surface area contributed by atoms with Gasteiger partial charge in [0.05, 0.1) is 42.8 Å². The number of fused-ring (bicyclic) bond motifs is 4. The van der Waals surface area contributed by atoms with Crippen LogP contribution in [0.3, 0.4) is 0 Å². The van der Waals surface area contributed by atoms with Crippen LogP contribution < -0.4 is 38.2 Å². The van der Waals surface area contributed by atoms with Crippen LogP contribution in [0.5, 0.6) is 5.75 Å². The molecule has 1 aromatic heterocycles. The van der Waals surface area contributed by atoms with Crippen LogP contribution >= 0.6 is 0 Å². The maximum atomic E-state index is 12.6. The third-order valence-corrected chi connectivity index (χ3v) is 7.20. The van der Waals surface area contributed by atoms with Crippen molar-refractivity contribution in [3.63, 3.8) is 0 Å². The number of rotatable bonds is 3. The molecule has 0 spiro atoms. The zero-order valence-electron chi connectivity index (χ0n) is 20.6. The molecule has 1 saturated heterocycles. The molecule has 0 N–H and O–H groups in total. The Morgan fingerprint density at radius 1 is 1.03 bits per heavy atom. The van der Waals surface area contributed by atoms with E-state index in [0.717, 1.165) is 22.3 Å². The second-order valence-electron chi connectivity index (χ2n) is 9.10. The molecule has 184 valence electrons. The normalized spacial score (nSPS) is 14.8. The number of hydrogen-bond acceptors (Lipinski definition) is 4. The molecule has 7 heteroatoms. The van der Waals surface area contributed by atoms with E-state index in [1.165, 1.54) is 33.3 Å². The van der Waals surface area contributed by atoms with Gasteiger partial charge in [-0.1, -0.05) is 24.3 Å². The zero-order valence-corrected chi connectivity index (χ0v) is 22.8. The first-order valence-corrected chi connectivity index (χ1v) is 11.9. The number of pyridine rings is 1. The fourth-order valence-corrected chi connectivity index (χ4v) is 5.36. The number of aryl methyl sites for hydroxylation is 1. The number of ether oxygens (including phenoxy) is 2. The number of carbonyl (C=O) groups excluding carboxylic acids is 1. The first kappa shape index (κ1) is 24.5. The summed E-state index contributed by atoms with van der Waals surface area (Å²) in [4.78, 5) is 16.7. The van der Waals surface area contributed by atoms with Crippen molar-refractivity contribution in [3.05, 3.63) is 66.2 Å². The topological polar surface area (TPSA) is 45.9 Å². The Labute approximate surface area is 227 Å². The lowest BCUT2D eigenvalue weighted by atomic mass is 9.91. The molecule has 3 heterocycles. The molecule has 0 atom stereocenters. The van der Waals surface area contributed by atoms with Gasteiger partial charge in [0.1, 0.15) is 12.8 Å². The van der Waals surface area contributed by atoms with Crippen molar-refractivity contribution in [3.8, 4) is 16.9 Å². The number of morpholine rings is 1. The number of anilines is 2. The van der Waals surface area contributed by atoms with Gasteiger partial charge in [-0.3, -0.25) is 4.79 Å². The minimum atomic E-state index is 0. The summed E-state index contributed by atoms with van der Waals surface area (Å²) in [6.07, 6.45) is 3.57. The quantitative estimate of drug-likeness (QED) is 0.156. The average Bonchev–Trinajstić information content (AvgIpc) is 2.91. The molecule has 4 aromatic rings. The third kappa shape index (κ3) is 3.90. The number of halogens is 1. The predicted molar refractivity (Wildman–Crippen MR) is 139 cm³/mol. The fraction of sp³-hybridized carbons (Fsp3) is 0.241. The second-order valence-corrected chi connectivity index (χ2v) is 9.10. The van der Waals surface area contributed by atoms with Gasteiger partial charge in [-0.2, -0.15) is 4.57 Å². The third-order valence-electron chi connectivity index (χ3n) is 7.20. The summed E-state index contributed by atoms with van der Waals surface area (Å²) in [7, 11) is 5.94. The van der Waals surface area contributed by atoms with Crippen LogP contribution in [0.4, 0.5) is 11.4 Å². The molecule has 36 heavy (non-hydrogen) atoms. The highest BCUT2D eigenvalue weighted by atomic mass is 127. The highest BCUT2D eigenvalue weighted by molar-refractivity contribution is 6.17. The van der Waals surface area contributed by atoms with Gasteiger partial charge in [0.2, 0.25) is 16.9 Å². The maximum Gasteiger partial charge on any atom is 0.246 e. The lowest BCUT2D eigenvalue weighted by molar-refractivity contribution is -0.617. The SMILES string of the molecule is COc1cc2c3c(c4ccc(/C=C/C(=O)N5CCOCC5)cc4[n+](C)c3c1)N(C)c1ccccc1-2.[I-]. The lowest BCUT2D eigenvalue weighted by Gasteiger charge is -2.30. The predicted octanol–water partition coefficient (Wildman–Crippen LogP) is 1.45. The number of hydrogen-bond donors (Lipinski definition) is 0. The van der Waals surface area contributed by atoms with Crippen molar-refractivity contribution < 1.29 is 42.8 Å². The number of methoxy groups -OCH3 is 1. The molecule has 6 rings (SSSR count). The molecular formula is C29H28IN3O3. The Bertz CT molecular complexity index is 1530. The van der Waals surface area contributed by atoms with Crippen LogP contribution in [0.1, 0.15) is 5.56 Å². The van der Waals surface area contributed by atoms with Crippen molar-refractivity contribution in [2.45, 2.75) is 0 Å². The zero-order chi connectivity index (χ0) is 24.1. The Hall–Kier alpha value is -3.17. The number of benzene rings is 3. The highest BCUT2D eigenvalue weighted by Gasteiger charge is 2.30. The van der Waals surface area contributed by atoms with Gasteiger partial charge in [-0.25, -0.2) is 0 Å². The van der Waals surface area contributed by atoms with E-state index < -0.39 is 0 Å². The van der Waals surface area contributed by atoms with Crippen LogP contribution in [0.15, 0.2) is 60.7 Å². The number of para-hydroxylation sites is 1. The van der Waals surface area contributed by atoms with E-state index in [0.29, 0.717) is 26.3 Å². The second kappa shape index (κ2) is 9.71. The summed E-state index contributed by atoms with van der Waals surface area (Å²) in [5.41, 5.74) is 7.93. The summed E-state index contributed by atoms with van der Waals surface area (Å²) >= 11 is 0. The van der Waals surface area contributed by atoms with E-state index in [9.17, 15) is 4.79 Å². The van der Waals surface area contributed by atoms with Crippen molar-refractivity contribution in [2.24, 2.45) is 7.05 Å². The Morgan fingerprint density at radius 2 is 1.81 bits per heavy atom. The molecular weight excluding hydrogens is 565 g/mol. The largest absolute Gasteiger partial charge is 1.00 e. The van der Waals surface area contributed by atoms with E-state index in [-0.39, 0.29) is 29.9 Å². The van der Waals surface area contributed by atoms with E-state index in [2.05, 4.69) is 78.2 Å². The summed E-state index contributed by atoms with van der Waals surface area (Å²) in [6, 6.07) is 19.2. The average molecular weight is 593 g/mol. The summed E-state index contributed by atoms with van der Waals surface area (Å²) in [5.74, 6) is 0.858. The smallest absolute Gasteiger partial charge is 0.246 e. The molecule has 0 saturated carbocycles. The first-order valence-electron chi connectivity index (χ1n) is 11.9. The van der Waals surface area contributed by atoms with Gasteiger partial charge in [-0.15, -0.1) is 0 Å². The van der Waals surface area contributed by atoms with Gasteiger partial charge in [0.15, 0.2) is 0 Å². The molecule has 2 aliphatic rings. The van der Waals surface area contributed by atoms with Gasteiger partial charge in [0.25, 0.3) is 0 Å². The van der Waals surface area contributed by atoms with Gasteiger partial charge >= 0.3 is 0 Å². The summed E-state index contributed by atoms with van der Waals surface area (Å²) < 4.78 is 13.3. The van der Waals surface area contributed by atoms with Crippen LogP contribution in [0.25, 0.3) is 39.0 Å². The van der Waals surface area contributed by atoms with E-state index in [4.69, 9.17) is 9.47 Å². The Morgan fingerprint density at radius 3 is 2.58 bits per heavy atom. The van der Waals surface area contributed by atoms with Crippen LogP contribution in [0, 0.1) is 0 Å². The number of aromatic nitrogens is 1. The number of nitrogens with zero attached hydrogens (tertiary/aromatic N) is 3. The maximum absolute atomic E-state index is 12.6. The molecule has 0 radical (unpaired) electrons. The van der Waals surface area contributed by atoms with Crippen molar-refractivity contribution in [1.29, 1.82) is 0 Å². The molecule has 3 aromatic carbocycles. The van der Waals surface area contributed by atoms with Crippen LogP contribution in [0.2, 0.25) is 0 Å². The minimum absolute atomic E-state index is 0. The van der Waals surface area contributed by atoms with Crippen molar-refractivity contribution in [2.75, 3.05) is 45.4 Å². The minimum Gasteiger partial charge on any atom is -1.00 e. The first-order chi connectivity index (χ1) is 17.1. The van der Waals surface area contributed by atoms with E-state index in [1.807, 2.05) is 11.0 Å². The Kier molecular flexibility index (Phi) is 6.61. The van der Waals surface area contributed by atoms with E-state index >= 15 is 0 Å². The number of amides is 1. The summed E-state index contributed by atoms with van der Waals surface area (Å²) in [6.45, 7) is 2.49. The molecule has 0 bridgehead atoms. The monoisotopic (exact) mass is 593 g/mol. The highest BCUT2D eigenvalue weighted by Crippen LogP contribution is 2.49. The van der Waals surface area contributed by atoms with Crippen LogP contribution in [-0.2, 0) is 16.6 Å². The summed E-state index contributed by atoms with van der Waals surface area (Å²) in [5, 5.41) is 2.38. The molecule has 1 amide bonds. The standard InChI is InChI=1S/C29H28N3O3.HI/c1-30-25-16-19(9-11-27(33)32-12-14-35-15-13-32)8-10-22(25)29-28-23(17-20(34-3)18-26(28)30)21-6-4-5-7-24(21)31(29)2;/h4-11,16-18H,12-15H2,1-3H3;1H/q+1;/p-1/b11-9+;. The molecule has 0 unspecified atom stereocenters.